The molecule has 0 saturated heterocycles. The summed E-state index contributed by atoms with van der Waals surface area (Å²) in [6, 6.07) is 5.09. The van der Waals surface area contributed by atoms with Gasteiger partial charge in [-0.05, 0) is 12.1 Å². The van der Waals surface area contributed by atoms with Gasteiger partial charge >= 0.3 is 0 Å². The number of ether oxygens (including phenoxy) is 2. The Hall–Kier alpha value is -1.55. The molecule has 1 heterocycles. The zero-order valence-corrected chi connectivity index (χ0v) is 6.95. The minimum absolute atomic E-state index is 0.231. The van der Waals surface area contributed by atoms with E-state index in [4.69, 9.17) is 15.2 Å². The third-order valence-electron chi connectivity index (χ3n) is 1.91. The van der Waals surface area contributed by atoms with Crippen molar-refractivity contribution >= 4 is 5.91 Å². The predicted octanol–water partition coefficient (Wildman–Crippen LogP) is 0.652. The summed E-state index contributed by atoms with van der Waals surface area (Å²) >= 11 is 0. The fourth-order valence-corrected chi connectivity index (χ4v) is 1.22. The maximum Gasteiger partial charge on any atom is 0.248 e. The standard InChI is InChI=1S/C9H9NO3/c10-9(11)6-1-2-7-4-12-5-13-8(7)3-6/h1-3H,4-5H2,(H2,10,11). The monoisotopic (exact) mass is 179 g/mol. The molecule has 13 heavy (non-hydrogen) atoms. The van der Waals surface area contributed by atoms with Crippen LogP contribution >= 0.6 is 0 Å². The maximum atomic E-state index is 10.8. The number of carbonyl (C=O) groups is 1. The lowest BCUT2D eigenvalue weighted by atomic mass is 10.1. The summed E-state index contributed by atoms with van der Waals surface area (Å²) < 4.78 is 10.2. The van der Waals surface area contributed by atoms with Crippen LogP contribution in [-0.4, -0.2) is 12.7 Å². The summed E-state index contributed by atoms with van der Waals surface area (Å²) in [4.78, 5) is 10.8. The van der Waals surface area contributed by atoms with E-state index < -0.39 is 5.91 Å². The van der Waals surface area contributed by atoms with Crippen LogP contribution in [-0.2, 0) is 11.3 Å². The van der Waals surface area contributed by atoms with E-state index in [1.807, 2.05) is 0 Å². The largest absolute Gasteiger partial charge is 0.467 e. The van der Waals surface area contributed by atoms with Gasteiger partial charge < -0.3 is 15.2 Å². The van der Waals surface area contributed by atoms with Crippen molar-refractivity contribution in [2.45, 2.75) is 6.61 Å². The van der Waals surface area contributed by atoms with Crippen LogP contribution in [0.2, 0.25) is 0 Å². The lowest BCUT2D eigenvalue weighted by Gasteiger charge is -2.17. The fourth-order valence-electron chi connectivity index (χ4n) is 1.22. The van der Waals surface area contributed by atoms with Gasteiger partial charge in [-0.25, -0.2) is 0 Å². The van der Waals surface area contributed by atoms with Crippen molar-refractivity contribution in [2.75, 3.05) is 6.79 Å². The molecule has 0 spiro atoms. The van der Waals surface area contributed by atoms with E-state index in [1.54, 1.807) is 18.2 Å². The Balaban J connectivity index is 2.40. The molecule has 0 fully saturated rings. The molecule has 0 aromatic heterocycles. The summed E-state index contributed by atoms with van der Waals surface area (Å²) in [5, 5.41) is 0. The van der Waals surface area contributed by atoms with Gasteiger partial charge in [0.25, 0.3) is 0 Å². The third-order valence-corrected chi connectivity index (χ3v) is 1.91. The highest BCUT2D eigenvalue weighted by atomic mass is 16.7. The molecule has 0 bridgehead atoms. The van der Waals surface area contributed by atoms with Crippen molar-refractivity contribution in [3.05, 3.63) is 29.3 Å². The molecule has 1 aromatic carbocycles. The number of nitrogens with two attached hydrogens (primary N) is 1. The first-order valence-electron chi connectivity index (χ1n) is 3.90. The Morgan fingerprint density at radius 2 is 2.31 bits per heavy atom. The lowest BCUT2D eigenvalue weighted by molar-refractivity contribution is -0.0164. The quantitative estimate of drug-likeness (QED) is 0.688. The van der Waals surface area contributed by atoms with E-state index >= 15 is 0 Å². The Bertz CT molecular complexity index is 349. The average molecular weight is 179 g/mol. The van der Waals surface area contributed by atoms with Gasteiger partial charge in [0.1, 0.15) is 5.75 Å². The average Bonchev–Trinajstić information content (AvgIpc) is 2.17. The minimum atomic E-state index is -0.446. The fraction of sp³-hybridized carbons (Fsp3) is 0.222. The van der Waals surface area contributed by atoms with Crippen molar-refractivity contribution in [3.63, 3.8) is 0 Å². The van der Waals surface area contributed by atoms with Gasteiger partial charge in [0.15, 0.2) is 6.79 Å². The molecule has 0 saturated carbocycles. The zero-order chi connectivity index (χ0) is 9.26. The van der Waals surface area contributed by atoms with Crippen LogP contribution < -0.4 is 10.5 Å². The number of amides is 1. The van der Waals surface area contributed by atoms with E-state index in [1.165, 1.54) is 0 Å². The molecule has 2 rings (SSSR count). The number of benzene rings is 1. The first kappa shape index (κ1) is 8.07. The van der Waals surface area contributed by atoms with E-state index in [9.17, 15) is 4.79 Å². The van der Waals surface area contributed by atoms with Crippen LogP contribution in [0.5, 0.6) is 5.75 Å². The normalized spacial score (nSPS) is 14.5. The van der Waals surface area contributed by atoms with E-state index in [2.05, 4.69) is 0 Å². The van der Waals surface area contributed by atoms with Crippen LogP contribution in [0.1, 0.15) is 15.9 Å². The summed E-state index contributed by atoms with van der Waals surface area (Å²) in [5.74, 6) is 0.237. The van der Waals surface area contributed by atoms with Gasteiger partial charge in [0, 0.05) is 11.1 Å². The predicted molar refractivity (Wildman–Crippen MR) is 45.2 cm³/mol. The Labute approximate surface area is 75.2 Å². The maximum absolute atomic E-state index is 10.8. The van der Waals surface area contributed by atoms with E-state index in [0.717, 1.165) is 5.56 Å². The Kier molecular flexibility index (Phi) is 1.90. The van der Waals surface area contributed by atoms with Gasteiger partial charge in [-0.15, -0.1) is 0 Å². The first-order chi connectivity index (χ1) is 6.27. The highest BCUT2D eigenvalue weighted by molar-refractivity contribution is 5.93. The highest BCUT2D eigenvalue weighted by Crippen LogP contribution is 2.24. The smallest absolute Gasteiger partial charge is 0.248 e. The number of rotatable bonds is 1. The third kappa shape index (κ3) is 1.48. The van der Waals surface area contributed by atoms with Crippen LogP contribution in [0.4, 0.5) is 0 Å². The summed E-state index contributed by atoms with van der Waals surface area (Å²) in [6.45, 7) is 0.754. The Morgan fingerprint density at radius 1 is 1.46 bits per heavy atom. The molecule has 1 amide bonds. The molecule has 0 aliphatic carbocycles. The topological polar surface area (TPSA) is 61.6 Å². The van der Waals surface area contributed by atoms with Crippen LogP contribution in [0.3, 0.4) is 0 Å². The van der Waals surface area contributed by atoms with Crippen molar-refractivity contribution in [1.82, 2.24) is 0 Å². The molecular weight excluding hydrogens is 170 g/mol. The van der Waals surface area contributed by atoms with E-state index in [-0.39, 0.29) is 6.79 Å². The van der Waals surface area contributed by atoms with Crippen LogP contribution in [0.15, 0.2) is 18.2 Å². The van der Waals surface area contributed by atoms with E-state index in [0.29, 0.717) is 17.9 Å². The second-order valence-corrected chi connectivity index (χ2v) is 2.80. The number of hydrogen-bond donors (Lipinski definition) is 1. The van der Waals surface area contributed by atoms with Crippen molar-refractivity contribution in [2.24, 2.45) is 5.73 Å². The number of carbonyl (C=O) groups excluding carboxylic acids is 1. The number of primary amides is 1. The van der Waals surface area contributed by atoms with Crippen molar-refractivity contribution < 1.29 is 14.3 Å². The second kappa shape index (κ2) is 3.06. The number of fused-ring (bicyclic) bond motifs is 1. The SMILES string of the molecule is NC(=O)c1ccc2c(c1)OCOC2. The molecule has 2 N–H and O–H groups in total. The molecular formula is C9H9NO3. The summed E-state index contributed by atoms with van der Waals surface area (Å²) in [7, 11) is 0. The molecule has 0 unspecified atom stereocenters. The molecule has 4 heteroatoms. The van der Waals surface area contributed by atoms with Gasteiger partial charge in [0.2, 0.25) is 5.91 Å². The molecule has 68 valence electrons. The van der Waals surface area contributed by atoms with Crippen LogP contribution in [0, 0.1) is 0 Å². The minimum Gasteiger partial charge on any atom is -0.467 e. The molecule has 1 aliphatic heterocycles. The number of hydrogen-bond acceptors (Lipinski definition) is 3. The van der Waals surface area contributed by atoms with Gasteiger partial charge in [-0.2, -0.15) is 0 Å². The molecule has 0 radical (unpaired) electrons. The molecule has 1 aliphatic rings. The summed E-state index contributed by atoms with van der Waals surface area (Å²) in [6.07, 6.45) is 0. The Morgan fingerprint density at radius 3 is 3.08 bits per heavy atom. The van der Waals surface area contributed by atoms with Crippen molar-refractivity contribution in [1.29, 1.82) is 0 Å². The van der Waals surface area contributed by atoms with Crippen molar-refractivity contribution in [3.8, 4) is 5.75 Å². The highest BCUT2D eigenvalue weighted by Gasteiger charge is 2.12. The lowest BCUT2D eigenvalue weighted by Crippen LogP contribution is -2.15. The molecule has 0 atom stereocenters. The van der Waals surface area contributed by atoms with Gasteiger partial charge in [0.05, 0.1) is 6.61 Å². The molecule has 4 nitrogen and oxygen atoms in total. The van der Waals surface area contributed by atoms with Gasteiger partial charge in [-0.3, -0.25) is 4.79 Å². The molecule has 1 aromatic rings. The first-order valence-corrected chi connectivity index (χ1v) is 3.90. The zero-order valence-electron chi connectivity index (χ0n) is 6.95. The van der Waals surface area contributed by atoms with Crippen LogP contribution in [0.25, 0.3) is 0 Å². The second-order valence-electron chi connectivity index (χ2n) is 2.80. The van der Waals surface area contributed by atoms with Gasteiger partial charge in [-0.1, -0.05) is 6.07 Å². The summed E-state index contributed by atoms with van der Waals surface area (Å²) in [5.41, 5.74) is 6.52.